The third-order valence-corrected chi connectivity index (χ3v) is 8.35. The zero-order valence-electron chi connectivity index (χ0n) is 19.8. The normalized spacial score (nSPS) is 37.9. The van der Waals surface area contributed by atoms with Gasteiger partial charge in [0.2, 0.25) is 0 Å². The SMILES string of the molecule is C/C=C(/C)C(=O)OC[C@@]1(C)CCC[C@]2(C)[C@@H]1CC[C@](C)(O)[C@H]2CC[C@H](C)CC(=O)O. The molecule has 0 aromatic carbocycles. The van der Waals surface area contributed by atoms with E-state index in [2.05, 4.69) is 13.8 Å². The van der Waals surface area contributed by atoms with Crippen LogP contribution in [0.15, 0.2) is 11.6 Å². The van der Waals surface area contributed by atoms with Crippen molar-refractivity contribution in [1.29, 1.82) is 0 Å². The fourth-order valence-corrected chi connectivity index (χ4v) is 6.56. The summed E-state index contributed by atoms with van der Waals surface area (Å²) in [5.41, 5.74) is -0.253. The molecule has 0 amide bonds. The fraction of sp³-hybridized carbons (Fsp3) is 0.840. The maximum absolute atomic E-state index is 12.3. The van der Waals surface area contributed by atoms with E-state index >= 15 is 0 Å². The van der Waals surface area contributed by atoms with Gasteiger partial charge in [0, 0.05) is 17.4 Å². The molecule has 2 aliphatic rings. The highest BCUT2D eigenvalue weighted by molar-refractivity contribution is 5.87. The second-order valence-electron chi connectivity index (χ2n) is 10.8. The Morgan fingerprint density at radius 3 is 2.47 bits per heavy atom. The summed E-state index contributed by atoms with van der Waals surface area (Å²) >= 11 is 0. The van der Waals surface area contributed by atoms with Crippen molar-refractivity contribution < 1.29 is 24.5 Å². The summed E-state index contributed by atoms with van der Waals surface area (Å²) in [6, 6.07) is 0. The lowest BCUT2D eigenvalue weighted by molar-refractivity contribution is -0.186. The number of aliphatic carboxylic acids is 1. The molecule has 5 heteroatoms. The number of carbonyl (C=O) groups is 2. The molecule has 0 radical (unpaired) electrons. The molecule has 0 unspecified atom stereocenters. The molecular formula is C25H42O5. The average molecular weight is 423 g/mol. The van der Waals surface area contributed by atoms with Gasteiger partial charge in [0.05, 0.1) is 12.2 Å². The van der Waals surface area contributed by atoms with E-state index in [0.29, 0.717) is 18.1 Å². The van der Waals surface area contributed by atoms with Gasteiger partial charge in [-0.1, -0.05) is 33.3 Å². The smallest absolute Gasteiger partial charge is 0.333 e. The van der Waals surface area contributed by atoms with Crippen molar-refractivity contribution in [3.8, 4) is 0 Å². The predicted molar refractivity (Wildman–Crippen MR) is 118 cm³/mol. The minimum atomic E-state index is -0.759. The monoisotopic (exact) mass is 422 g/mol. The van der Waals surface area contributed by atoms with E-state index in [1.807, 2.05) is 20.8 Å². The number of aliphatic hydroxyl groups is 1. The number of hydrogen-bond donors (Lipinski definition) is 2. The summed E-state index contributed by atoms with van der Waals surface area (Å²) in [7, 11) is 0. The summed E-state index contributed by atoms with van der Waals surface area (Å²) in [6.07, 6.45) is 8.41. The summed E-state index contributed by atoms with van der Waals surface area (Å²) in [5.74, 6) is -0.412. The Morgan fingerprint density at radius 2 is 1.87 bits per heavy atom. The molecule has 0 aliphatic heterocycles. The lowest BCUT2D eigenvalue weighted by Gasteiger charge is -2.61. The standard InChI is InChI=1S/C25H42O5/c1-7-18(3)22(28)30-16-23(4)12-8-13-24(5)19(23)11-14-25(6,29)20(24)10-9-17(2)15-21(26)27/h7,17,19-20,29H,8-16H2,1-6H3,(H,26,27)/b18-7-/t17-,19+,20-,23+,24+,25-/m0/s1. The first-order chi connectivity index (χ1) is 13.9. The van der Waals surface area contributed by atoms with Gasteiger partial charge in [0.15, 0.2) is 0 Å². The van der Waals surface area contributed by atoms with Crippen molar-refractivity contribution >= 4 is 11.9 Å². The molecule has 0 spiro atoms. The lowest BCUT2D eigenvalue weighted by Crippen LogP contribution is -2.59. The van der Waals surface area contributed by atoms with Crippen LogP contribution in [-0.2, 0) is 14.3 Å². The molecule has 172 valence electrons. The number of carboxylic acids is 1. The molecule has 6 atom stereocenters. The number of carbonyl (C=O) groups excluding carboxylic acids is 1. The van der Waals surface area contributed by atoms with Gasteiger partial charge >= 0.3 is 11.9 Å². The molecule has 30 heavy (non-hydrogen) atoms. The Balaban J connectivity index is 2.20. The molecule has 2 fully saturated rings. The Labute approximate surface area is 182 Å². The maximum Gasteiger partial charge on any atom is 0.333 e. The van der Waals surface area contributed by atoms with Crippen molar-refractivity contribution in [2.24, 2.45) is 28.6 Å². The van der Waals surface area contributed by atoms with Gasteiger partial charge in [-0.15, -0.1) is 0 Å². The number of fused-ring (bicyclic) bond motifs is 1. The third kappa shape index (κ3) is 5.27. The van der Waals surface area contributed by atoms with Crippen LogP contribution >= 0.6 is 0 Å². The van der Waals surface area contributed by atoms with Crippen LogP contribution in [0.25, 0.3) is 0 Å². The number of esters is 1. The maximum atomic E-state index is 12.3. The number of hydrogen-bond acceptors (Lipinski definition) is 4. The van der Waals surface area contributed by atoms with Crippen molar-refractivity contribution in [3.63, 3.8) is 0 Å². The fourth-order valence-electron chi connectivity index (χ4n) is 6.56. The molecule has 5 nitrogen and oxygen atoms in total. The van der Waals surface area contributed by atoms with Gasteiger partial charge in [0.1, 0.15) is 0 Å². The Bertz CT molecular complexity index is 666. The van der Waals surface area contributed by atoms with E-state index in [1.54, 1.807) is 13.0 Å². The zero-order chi connectivity index (χ0) is 22.7. The minimum absolute atomic E-state index is 0.0419. The van der Waals surface area contributed by atoms with Gasteiger partial charge in [0.25, 0.3) is 0 Å². The largest absolute Gasteiger partial charge is 0.481 e. The van der Waals surface area contributed by atoms with Crippen LogP contribution in [-0.4, -0.2) is 34.4 Å². The van der Waals surface area contributed by atoms with Gasteiger partial charge < -0.3 is 14.9 Å². The number of rotatable bonds is 8. The van der Waals surface area contributed by atoms with Crippen LogP contribution in [0.3, 0.4) is 0 Å². The average Bonchev–Trinajstić information content (AvgIpc) is 2.63. The van der Waals surface area contributed by atoms with E-state index in [0.717, 1.165) is 44.9 Å². The summed E-state index contributed by atoms with van der Waals surface area (Å²) in [5, 5.41) is 20.4. The van der Waals surface area contributed by atoms with E-state index in [4.69, 9.17) is 9.84 Å². The molecule has 2 N–H and O–H groups in total. The minimum Gasteiger partial charge on any atom is -0.481 e. The highest BCUT2D eigenvalue weighted by Gasteiger charge is 2.59. The second kappa shape index (κ2) is 9.42. The van der Waals surface area contributed by atoms with Gasteiger partial charge in [-0.2, -0.15) is 0 Å². The molecule has 2 aliphatic carbocycles. The second-order valence-corrected chi connectivity index (χ2v) is 10.8. The van der Waals surface area contributed by atoms with Crippen LogP contribution in [0.5, 0.6) is 0 Å². The molecular weight excluding hydrogens is 380 g/mol. The topological polar surface area (TPSA) is 83.8 Å². The van der Waals surface area contributed by atoms with E-state index in [9.17, 15) is 14.7 Å². The van der Waals surface area contributed by atoms with Crippen LogP contribution in [0.2, 0.25) is 0 Å². The molecule has 0 aromatic heterocycles. The lowest BCUT2D eigenvalue weighted by atomic mass is 9.45. The molecule has 0 saturated heterocycles. The third-order valence-electron chi connectivity index (χ3n) is 8.35. The predicted octanol–water partition coefficient (Wildman–Crippen LogP) is 5.36. The highest BCUT2D eigenvalue weighted by atomic mass is 16.5. The van der Waals surface area contributed by atoms with Crippen LogP contribution < -0.4 is 0 Å². The quantitative estimate of drug-likeness (QED) is 0.406. The molecule has 0 bridgehead atoms. The first-order valence-corrected chi connectivity index (χ1v) is 11.6. The zero-order valence-corrected chi connectivity index (χ0v) is 19.8. The van der Waals surface area contributed by atoms with Crippen molar-refractivity contribution in [1.82, 2.24) is 0 Å². The first kappa shape index (κ1) is 24.9. The Morgan fingerprint density at radius 1 is 1.20 bits per heavy atom. The van der Waals surface area contributed by atoms with Crippen molar-refractivity contribution in [2.75, 3.05) is 6.61 Å². The summed E-state index contributed by atoms with van der Waals surface area (Å²) in [4.78, 5) is 23.3. The Kier molecular flexibility index (Phi) is 7.82. The van der Waals surface area contributed by atoms with Crippen molar-refractivity contribution in [2.45, 2.75) is 98.5 Å². The van der Waals surface area contributed by atoms with Crippen LogP contribution in [0.4, 0.5) is 0 Å². The molecule has 2 saturated carbocycles. The van der Waals surface area contributed by atoms with Crippen LogP contribution in [0, 0.1) is 28.6 Å². The van der Waals surface area contributed by atoms with E-state index in [1.165, 1.54) is 0 Å². The van der Waals surface area contributed by atoms with Gasteiger partial charge in [-0.05, 0) is 82.5 Å². The number of allylic oxidation sites excluding steroid dienone is 1. The Hall–Kier alpha value is -1.36. The van der Waals surface area contributed by atoms with Crippen LogP contribution in [0.1, 0.15) is 92.9 Å². The number of carboxylic acid groups (broad SMARTS) is 1. The van der Waals surface area contributed by atoms with Gasteiger partial charge in [-0.25, -0.2) is 4.79 Å². The van der Waals surface area contributed by atoms with Crippen molar-refractivity contribution in [3.05, 3.63) is 11.6 Å². The van der Waals surface area contributed by atoms with Gasteiger partial charge in [-0.3, -0.25) is 4.79 Å². The summed E-state index contributed by atoms with van der Waals surface area (Å²) < 4.78 is 5.73. The summed E-state index contributed by atoms with van der Waals surface area (Å²) in [6.45, 7) is 12.5. The molecule has 0 aromatic rings. The highest BCUT2D eigenvalue weighted by Crippen LogP contribution is 2.63. The molecule has 0 heterocycles. The van der Waals surface area contributed by atoms with E-state index in [-0.39, 0.29) is 35.1 Å². The first-order valence-electron chi connectivity index (χ1n) is 11.6. The number of ether oxygens (including phenoxy) is 1. The van der Waals surface area contributed by atoms with E-state index < -0.39 is 11.6 Å². The molecule has 2 rings (SSSR count).